The van der Waals surface area contributed by atoms with Gasteiger partial charge in [0.1, 0.15) is 0 Å². The predicted molar refractivity (Wildman–Crippen MR) is 75.9 cm³/mol. The van der Waals surface area contributed by atoms with Gasteiger partial charge in [-0.25, -0.2) is 0 Å². The summed E-state index contributed by atoms with van der Waals surface area (Å²) in [6, 6.07) is 6.05. The van der Waals surface area contributed by atoms with E-state index in [1.807, 2.05) is 30.9 Å². The van der Waals surface area contributed by atoms with Crippen LogP contribution in [0.25, 0.3) is 0 Å². The van der Waals surface area contributed by atoms with Gasteiger partial charge in [0.2, 0.25) is 5.91 Å². The standard InChI is InChI=1S/C16H23NO2/c1-12-7-8-14(13(2)10-12)15(18)11-17-9-5-3-4-6-16(17)19/h7-8,10,15,18H,3-6,9,11H2,1-2H3. The lowest BCUT2D eigenvalue weighted by Gasteiger charge is -2.24. The molecule has 1 aliphatic rings. The Morgan fingerprint density at radius 1 is 1.26 bits per heavy atom. The van der Waals surface area contributed by atoms with Gasteiger partial charge in [-0.3, -0.25) is 4.79 Å². The van der Waals surface area contributed by atoms with Crippen LogP contribution in [0.2, 0.25) is 0 Å². The van der Waals surface area contributed by atoms with Crippen molar-refractivity contribution in [2.45, 2.75) is 45.6 Å². The van der Waals surface area contributed by atoms with Crippen molar-refractivity contribution >= 4 is 5.91 Å². The van der Waals surface area contributed by atoms with Gasteiger partial charge in [0, 0.05) is 13.0 Å². The summed E-state index contributed by atoms with van der Waals surface area (Å²) in [4.78, 5) is 13.8. The van der Waals surface area contributed by atoms with Crippen molar-refractivity contribution < 1.29 is 9.90 Å². The minimum atomic E-state index is -0.581. The van der Waals surface area contributed by atoms with E-state index in [9.17, 15) is 9.90 Å². The van der Waals surface area contributed by atoms with Crippen molar-refractivity contribution in [1.29, 1.82) is 0 Å². The number of rotatable bonds is 3. The molecule has 0 aromatic heterocycles. The molecule has 3 heteroatoms. The normalized spacial score (nSPS) is 18.3. The Balaban J connectivity index is 2.07. The zero-order valence-corrected chi connectivity index (χ0v) is 11.9. The highest BCUT2D eigenvalue weighted by Gasteiger charge is 2.21. The predicted octanol–water partition coefficient (Wildman–Crippen LogP) is 2.74. The van der Waals surface area contributed by atoms with E-state index in [-0.39, 0.29) is 5.91 Å². The van der Waals surface area contributed by atoms with E-state index in [0.717, 1.165) is 36.9 Å². The molecule has 1 amide bonds. The molecule has 1 fully saturated rings. The first kappa shape index (κ1) is 14.1. The molecule has 0 bridgehead atoms. The lowest BCUT2D eigenvalue weighted by atomic mass is 10.0. The average Bonchev–Trinajstić information content (AvgIpc) is 2.55. The molecule has 0 aliphatic carbocycles. The van der Waals surface area contributed by atoms with E-state index in [2.05, 4.69) is 6.07 Å². The maximum Gasteiger partial charge on any atom is 0.222 e. The van der Waals surface area contributed by atoms with Crippen LogP contribution in [0.3, 0.4) is 0 Å². The van der Waals surface area contributed by atoms with E-state index in [0.29, 0.717) is 13.0 Å². The molecule has 1 aromatic carbocycles. The Morgan fingerprint density at radius 2 is 2.05 bits per heavy atom. The minimum absolute atomic E-state index is 0.182. The van der Waals surface area contributed by atoms with Crippen LogP contribution in [0.15, 0.2) is 18.2 Å². The first-order chi connectivity index (χ1) is 9.08. The molecule has 2 rings (SSSR count). The second-order valence-corrected chi connectivity index (χ2v) is 5.53. The fraction of sp³-hybridized carbons (Fsp3) is 0.562. The highest BCUT2D eigenvalue weighted by atomic mass is 16.3. The van der Waals surface area contributed by atoms with Crippen LogP contribution in [-0.4, -0.2) is 29.0 Å². The van der Waals surface area contributed by atoms with Crippen molar-refractivity contribution in [3.8, 4) is 0 Å². The first-order valence-corrected chi connectivity index (χ1v) is 7.11. The Bertz CT molecular complexity index is 456. The SMILES string of the molecule is Cc1ccc(C(O)CN2CCCCCC2=O)c(C)c1. The molecule has 1 N–H and O–H groups in total. The summed E-state index contributed by atoms with van der Waals surface area (Å²) >= 11 is 0. The number of aliphatic hydroxyl groups excluding tert-OH is 1. The summed E-state index contributed by atoms with van der Waals surface area (Å²) in [5, 5.41) is 10.4. The summed E-state index contributed by atoms with van der Waals surface area (Å²) in [5.41, 5.74) is 3.22. The van der Waals surface area contributed by atoms with Gasteiger partial charge in [-0.1, -0.05) is 30.2 Å². The highest BCUT2D eigenvalue weighted by molar-refractivity contribution is 5.76. The van der Waals surface area contributed by atoms with Gasteiger partial charge >= 0.3 is 0 Å². The van der Waals surface area contributed by atoms with Crippen molar-refractivity contribution in [3.63, 3.8) is 0 Å². The van der Waals surface area contributed by atoms with Gasteiger partial charge in [-0.05, 0) is 37.8 Å². The summed E-state index contributed by atoms with van der Waals surface area (Å²) < 4.78 is 0. The lowest BCUT2D eigenvalue weighted by molar-refractivity contribution is -0.132. The molecular weight excluding hydrogens is 238 g/mol. The molecule has 0 spiro atoms. The van der Waals surface area contributed by atoms with Gasteiger partial charge in [0.15, 0.2) is 0 Å². The van der Waals surface area contributed by atoms with E-state index in [4.69, 9.17) is 0 Å². The number of likely N-dealkylation sites (tertiary alicyclic amines) is 1. The van der Waals surface area contributed by atoms with Gasteiger partial charge in [0.25, 0.3) is 0 Å². The van der Waals surface area contributed by atoms with E-state index < -0.39 is 6.10 Å². The number of nitrogens with zero attached hydrogens (tertiary/aromatic N) is 1. The topological polar surface area (TPSA) is 40.5 Å². The quantitative estimate of drug-likeness (QED) is 0.909. The van der Waals surface area contributed by atoms with Crippen molar-refractivity contribution in [2.24, 2.45) is 0 Å². The van der Waals surface area contributed by atoms with Crippen LogP contribution in [0, 0.1) is 13.8 Å². The zero-order chi connectivity index (χ0) is 13.8. The molecule has 0 radical (unpaired) electrons. The van der Waals surface area contributed by atoms with Gasteiger partial charge < -0.3 is 10.0 Å². The maximum absolute atomic E-state index is 11.9. The van der Waals surface area contributed by atoms with Crippen LogP contribution in [0.1, 0.15) is 48.5 Å². The number of hydrogen-bond donors (Lipinski definition) is 1. The third-order valence-electron chi connectivity index (χ3n) is 3.85. The first-order valence-electron chi connectivity index (χ1n) is 7.11. The Kier molecular flexibility index (Phi) is 4.59. The van der Waals surface area contributed by atoms with E-state index in [1.165, 1.54) is 5.56 Å². The molecule has 1 unspecified atom stereocenters. The van der Waals surface area contributed by atoms with Crippen molar-refractivity contribution in [1.82, 2.24) is 4.90 Å². The smallest absolute Gasteiger partial charge is 0.222 e. The van der Waals surface area contributed by atoms with E-state index in [1.54, 1.807) is 0 Å². The third-order valence-corrected chi connectivity index (χ3v) is 3.85. The lowest BCUT2D eigenvalue weighted by Crippen LogP contribution is -2.34. The molecule has 1 aliphatic heterocycles. The van der Waals surface area contributed by atoms with Crippen LogP contribution in [-0.2, 0) is 4.79 Å². The van der Waals surface area contributed by atoms with Crippen molar-refractivity contribution in [2.75, 3.05) is 13.1 Å². The number of amides is 1. The van der Waals surface area contributed by atoms with Crippen LogP contribution in [0.4, 0.5) is 0 Å². The average molecular weight is 261 g/mol. The number of carbonyl (C=O) groups excluding carboxylic acids is 1. The largest absolute Gasteiger partial charge is 0.387 e. The number of hydrogen-bond acceptors (Lipinski definition) is 2. The number of aryl methyl sites for hydroxylation is 2. The summed E-state index contributed by atoms with van der Waals surface area (Å²) in [7, 11) is 0. The zero-order valence-electron chi connectivity index (χ0n) is 11.9. The van der Waals surface area contributed by atoms with Crippen molar-refractivity contribution in [3.05, 3.63) is 34.9 Å². The monoisotopic (exact) mass is 261 g/mol. The molecule has 104 valence electrons. The molecule has 1 atom stereocenters. The Labute approximate surface area is 115 Å². The summed E-state index contributed by atoms with van der Waals surface area (Å²) in [5.74, 6) is 0.182. The fourth-order valence-corrected chi connectivity index (χ4v) is 2.74. The minimum Gasteiger partial charge on any atom is -0.387 e. The Morgan fingerprint density at radius 3 is 2.79 bits per heavy atom. The summed E-state index contributed by atoms with van der Waals surface area (Å²) in [6.45, 7) is 5.25. The van der Waals surface area contributed by atoms with Gasteiger partial charge in [0.05, 0.1) is 12.6 Å². The molecule has 0 saturated carbocycles. The summed E-state index contributed by atoms with van der Waals surface area (Å²) in [6.07, 6.45) is 3.18. The molecule has 1 saturated heterocycles. The highest BCUT2D eigenvalue weighted by Crippen LogP contribution is 2.21. The number of aliphatic hydroxyl groups is 1. The molecule has 19 heavy (non-hydrogen) atoms. The van der Waals surface area contributed by atoms with Crippen LogP contribution < -0.4 is 0 Å². The van der Waals surface area contributed by atoms with Gasteiger partial charge in [-0.2, -0.15) is 0 Å². The second kappa shape index (κ2) is 6.20. The molecule has 1 heterocycles. The number of benzene rings is 1. The van der Waals surface area contributed by atoms with Crippen LogP contribution >= 0.6 is 0 Å². The maximum atomic E-state index is 11.9. The number of β-amino-alcohol motifs (C(OH)–C–C–N with tert-alkyl or cyclic N) is 1. The molecule has 3 nitrogen and oxygen atoms in total. The number of carbonyl (C=O) groups is 1. The Hall–Kier alpha value is -1.35. The second-order valence-electron chi connectivity index (χ2n) is 5.53. The molecule has 1 aromatic rings. The fourth-order valence-electron chi connectivity index (χ4n) is 2.74. The third kappa shape index (κ3) is 3.57. The van der Waals surface area contributed by atoms with Gasteiger partial charge in [-0.15, -0.1) is 0 Å². The van der Waals surface area contributed by atoms with E-state index >= 15 is 0 Å². The van der Waals surface area contributed by atoms with Crippen LogP contribution in [0.5, 0.6) is 0 Å². The molecular formula is C16H23NO2.